The molecule has 6 nitrogen and oxygen atoms in total. The van der Waals surface area contributed by atoms with E-state index in [4.69, 9.17) is 0 Å². The number of halogens is 1. The molecule has 7 heteroatoms. The van der Waals surface area contributed by atoms with Gasteiger partial charge in [-0.2, -0.15) is 5.26 Å². The molecule has 28 heavy (non-hydrogen) atoms. The largest absolute Gasteiger partial charge is 0.349 e. The van der Waals surface area contributed by atoms with E-state index in [2.05, 4.69) is 22.1 Å². The molecule has 0 fully saturated rings. The predicted molar refractivity (Wildman–Crippen MR) is 107 cm³/mol. The van der Waals surface area contributed by atoms with Crippen molar-refractivity contribution in [1.29, 1.82) is 5.26 Å². The summed E-state index contributed by atoms with van der Waals surface area (Å²) in [7, 11) is 0. The molecule has 1 aromatic carbocycles. The summed E-state index contributed by atoms with van der Waals surface area (Å²) < 4.78 is 16.2. The molecule has 0 radical (unpaired) electrons. The van der Waals surface area contributed by atoms with Gasteiger partial charge >= 0.3 is 0 Å². The molecule has 1 heterocycles. The lowest BCUT2D eigenvalue weighted by Gasteiger charge is -2.09. The predicted octanol–water partition coefficient (Wildman–Crippen LogP) is 4.16. The molecule has 0 bridgehead atoms. The van der Waals surface area contributed by atoms with Crippen molar-refractivity contribution in [3.63, 3.8) is 0 Å². The molecule has 146 valence electrons. The second kappa shape index (κ2) is 9.00. The van der Waals surface area contributed by atoms with Crippen molar-refractivity contribution in [2.24, 2.45) is 0 Å². The van der Waals surface area contributed by atoms with Crippen molar-refractivity contribution in [3.8, 4) is 6.07 Å². The van der Waals surface area contributed by atoms with E-state index in [1.165, 1.54) is 25.1 Å². The number of carbonyl (C=O) groups excluding carboxylic acids is 2. The summed E-state index contributed by atoms with van der Waals surface area (Å²) in [6, 6.07) is 7.60. The molecule has 2 rings (SSSR count). The Bertz CT molecular complexity index is 983. The highest BCUT2D eigenvalue weighted by atomic mass is 19.1. The number of hydrogen-bond donors (Lipinski definition) is 2. The van der Waals surface area contributed by atoms with Crippen molar-refractivity contribution in [1.82, 2.24) is 4.57 Å². The van der Waals surface area contributed by atoms with Gasteiger partial charge in [0.2, 0.25) is 5.91 Å². The van der Waals surface area contributed by atoms with Crippen molar-refractivity contribution in [3.05, 3.63) is 52.6 Å². The fraction of sp³-hybridized carbons (Fsp3) is 0.286. The van der Waals surface area contributed by atoms with Gasteiger partial charge in [0.15, 0.2) is 0 Å². The van der Waals surface area contributed by atoms with E-state index in [-0.39, 0.29) is 17.2 Å². The van der Waals surface area contributed by atoms with Crippen LogP contribution in [0.3, 0.4) is 0 Å². The van der Waals surface area contributed by atoms with Crippen molar-refractivity contribution >= 4 is 29.3 Å². The molecule has 0 aliphatic heterocycles. The lowest BCUT2D eigenvalue weighted by atomic mass is 10.1. The molecule has 0 atom stereocenters. The van der Waals surface area contributed by atoms with E-state index in [1.54, 1.807) is 0 Å². The molecule has 0 saturated heterocycles. The van der Waals surface area contributed by atoms with Crippen LogP contribution in [0.15, 0.2) is 29.8 Å². The van der Waals surface area contributed by atoms with Crippen LogP contribution >= 0.6 is 0 Å². The molecule has 0 aliphatic rings. The molecule has 0 spiro atoms. The van der Waals surface area contributed by atoms with E-state index < -0.39 is 11.7 Å². The first-order valence-corrected chi connectivity index (χ1v) is 8.93. The lowest BCUT2D eigenvalue weighted by molar-refractivity contribution is -0.114. The number of anilines is 2. The van der Waals surface area contributed by atoms with Crippen LogP contribution in [0.4, 0.5) is 15.8 Å². The highest BCUT2D eigenvalue weighted by Gasteiger charge is 2.15. The van der Waals surface area contributed by atoms with Crippen molar-refractivity contribution < 1.29 is 14.0 Å². The Morgan fingerprint density at radius 1 is 1.25 bits per heavy atom. The maximum Gasteiger partial charge on any atom is 0.266 e. The Balaban J connectivity index is 2.30. The zero-order chi connectivity index (χ0) is 20.8. The smallest absolute Gasteiger partial charge is 0.266 e. The number of benzene rings is 1. The van der Waals surface area contributed by atoms with Crippen LogP contribution in [0.2, 0.25) is 0 Å². The number of rotatable bonds is 6. The fourth-order valence-electron chi connectivity index (χ4n) is 2.94. The third-order valence-electron chi connectivity index (χ3n) is 4.26. The number of carbonyl (C=O) groups is 2. The van der Waals surface area contributed by atoms with Crippen molar-refractivity contribution in [2.45, 2.75) is 40.7 Å². The maximum absolute atomic E-state index is 14.0. The van der Waals surface area contributed by atoms with E-state index >= 15 is 0 Å². The second-order valence-corrected chi connectivity index (χ2v) is 6.48. The van der Waals surface area contributed by atoms with Gasteiger partial charge in [0.25, 0.3) is 5.91 Å². The Hall–Kier alpha value is -3.40. The summed E-state index contributed by atoms with van der Waals surface area (Å²) in [5.74, 6) is -1.70. The average Bonchev–Trinajstić information content (AvgIpc) is 2.89. The van der Waals surface area contributed by atoms with E-state index in [0.29, 0.717) is 5.69 Å². The van der Waals surface area contributed by atoms with Gasteiger partial charge in [-0.25, -0.2) is 4.39 Å². The van der Waals surface area contributed by atoms with Gasteiger partial charge < -0.3 is 15.2 Å². The van der Waals surface area contributed by atoms with Crippen LogP contribution in [0.25, 0.3) is 6.08 Å². The molecule has 2 amide bonds. The normalized spacial score (nSPS) is 11.1. The molecular weight excluding hydrogens is 359 g/mol. The van der Waals surface area contributed by atoms with Gasteiger partial charge in [0, 0.05) is 30.5 Å². The minimum absolute atomic E-state index is 0.117. The second-order valence-electron chi connectivity index (χ2n) is 6.48. The number of amides is 2. The summed E-state index contributed by atoms with van der Waals surface area (Å²) in [6.07, 6.45) is 2.47. The number of hydrogen-bond acceptors (Lipinski definition) is 3. The topological polar surface area (TPSA) is 86.9 Å². The number of nitrogens with one attached hydrogen (secondary N) is 2. The van der Waals surface area contributed by atoms with E-state index in [0.717, 1.165) is 36.0 Å². The SMILES string of the molecule is CCCn1c(C)cc(/C=C(\C#N)C(=O)Nc2cc(NC(C)=O)ccc2F)c1C. The monoisotopic (exact) mass is 382 g/mol. The van der Waals surface area contributed by atoms with Crippen LogP contribution < -0.4 is 10.6 Å². The van der Waals surface area contributed by atoms with Gasteiger partial charge in [0.1, 0.15) is 17.5 Å². The Morgan fingerprint density at radius 2 is 1.96 bits per heavy atom. The van der Waals surface area contributed by atoms with Gasteiger partial charge in [-0.1, -0.05) is 6.92 Å². The van der Waals surface area contributed by atoms with Crippen LogP contribution in [-0.4, -0.2) is 16.4 Å². The molecule has 0 saturated carbocycles. The molecule has 2 aromatic rings. The van der Waals surface area contributed by atoms with E-state index in [1.807, 2.05) is 26.0 Å². The summed E-state index contributed by atoms with van der Waals surface area (Å²) in [6.45, 7) is 8.15. The van der Waals surface area contributed by atoms with Crippen LogP contribution in [0.1, 0.15) is 37.2 Å². The molecular formula is C21H23FN4O2. The number of nitriles is 1. The summed E-state index contributed by atoms with van der Waals surface area (Å²) >= 11 is 0. The summed E-state index contributed by atoms with van der Waals surface area (Å²) in [5, 5.41) is 14.3. The van der Waals surface area contributed by atoms with E-state index in [9.17, 15) is 19.2 Å². The van der Waals surface area contributed by atoms with Crippen LogP contribution in [-0.2, 0) is 16.1 Å². The van der Waals surface area contributed by atoms with Gasteiger partial charge in [-0.15, -0.1) is 0 Å². The molecule has 0 aliphatic carbocycles. The zero-order valence-electron chi connectivity index (χ0n) is 16.4. The Labute approximate surface area is 163 Å². The Kier molecular flexibility index (Phi) is 6.72. The standard InChI is InChI=1S/C21H23FN4O2/c1-5-8-26-13(2)9-16(14(26)3)10-17(12-23)21(28)25-20-11-18(24-15(4)27)6-7-19(20)22/h6-7,9-11H,5,8H2,1-4H3,(H,24,27)(H,25,28)/b17-10+. The average molecular weight is 382 g/mol. The van der Waals surface area contributed by atoms with Gasteiger partial charge in [-0.3, -0.25) is 9.59 Å². The third kappa shape index (κ3) is 4.86. The summed E-state index contributed by atoms with van der Waals surface area (Å²) in [5.41, 5.74) is 2.85. The van der Waals surface area contributed by atoms with Crippen LogP contribution in [0.5, 0.6) is 0 Å². The minimum Gasteiger partial charge on any atom is -0.349 e. The maximum atomic E-state index is 14.0. The highest BCUT2D eigenvalue weighted by Crippen LogP contribution is 2.22. The van der Waals surface area contributed by atoms with Crippen molar-refractivity contribution in [2.75, 3.05) is 10.6 Å². The number of aryl methyl sites for hydroxylation is 1. The first-order valence-electron chi connectivity index (χ1n) is 8.93. The van der Waals surface area contributed by atoms with Gasteiger partial charge in [0.05, 0.1) is 5.69 Å². The highest BCUT2D eigenvalue weighted by molar-refractivity contribution is 6.10. The van der Waals surface area contributed by atoms with Crippen LogP contribution in [0, 0.1) is 31.0 Å². The fourth-order valence-corrected chi connectivity index (χ4v) is 2.94. The number of nitrogens with zero attached hydrogens (tertiary/aromatic N) is 2. The quantitative estimate of drug-likeness (QED) is 0.581. The third-order valence-corrected chi connectivity index (χ3v) is 4.26. The lowest BCUT2D eigenvalue weighted by Crippen LogP contribution is -2.15. The first-order chi connectivity index (χ1) is 13.3. The zero-order valence-corrected chi connectivity index (χ0v) is 16.4. The first kappa shape index (κ1) is 20.9. The van der Waals surface area contributed by atoms with Gasteiger partial charge in [-0.05, 0) is 56.2 Å². The number of aromatic nitrogens is 1. The molecule has 2 N–H and O–H groups in total. The molecule has 0 unspecified atom stereocenters. The minimum atomic E-state index is -0.721. The Morgan fingerprint density at radius 3 is 2.57 bits per heavy atom. The molecule has 1 aromatic heterocycles. The summed E-state index contributed by atoms with van der Waals surface area (Å²) in [4.78, 5) is 23.7.